The molecule has 0 saturated heterocycles. The summed E-state index contributed by atoms with van der Waals surface area (Å²) in [7, 11) is -0.595. The van der Waals surface area contributed by atoms with E-state index in [0.29, 0.717) is 22.7 Å². The Balaban J connectivity index is 1.86. The van der Waals surface area contributed by atoms with Crippen LogP contribution in [0.1, 0.15) is 17.3 Å². The van der Waals surface area contributed by atoms with Crippen LogP contribution in [0.3, 0.4) is 0 Å². The van der Waals surface area contributed by atoms with Crippen molar-refractivity contribution in [1.29, 1.82) is 0 Å². The molecule has 1 N–H and O–H groups in total. The van der Waals surface area contributed by atoms with E-state index < -0.39 is 16.2 Å². The molecule has 1 heterocycles. The van der Waals surface area contributed by atoms with E-state index in [1.54, 1.807) is 44.6 Å². The Bertz CT molecular complexity index is 1120. The molecule has 0 aromatic heterocycles. The highest BCUT2D eigenvalue weighted by molar-refractivity contribution is 7.89. The third kappa shape index (κ3) is 3.54. The number of benzene rings is 3. The Morgan fingerprint density at radius 2 is 1.66 bits per heavy atom. The molecule has 0 unspecified atom stereocenters. The van der Waals surface area contributed by atoms with Crippen LogP contribution in [0.4, 0.5) is 5.69 Å². The number of hydrogen-bond donors (Lipinski definition) is 1. The molecule has 0 amide bonds. The highest BCUT2D eigenvalue weighted by Crippen LogP contribution is 2.42. The summed E-state index contributed by atoms with van der Waals surface area (Å²) in [4.78, 5) is 0.264. The van der Waals surface area contributed by atoms with E-state index in [9.17, 15) is 8.42 Å². The fourth-order valence-corrected chi connectivity index (χ4v) is 5.18. The molecule has 0 saturated carbocycles. The lowest BCUT2D eigenvalue weighted by Gasteiger charge is -2.38. The molecule has 7 heteroatoms. The molecule has 0 bridgehead atoms. The van der Waals surface area contributed by atoms with Gasteiger partial charge in [-0.25, -0.2) is 8.42 Å². The topological polar surface area (TPSA) is 67.9 Å². The van der Waals surface area contributed by atoms with Crippen LogP contribution in [-0.4, -0.2) is 26.9 Å². The predicted molar refractivity (Wildman–Crippen MR) is 112 cm³/mol. The second kappa shape index (κ2) is 7.77. The summed E-state index contributed by atoms with van der Waals surface area (Å²) >= 11 is 0. The summed E-state index contributed by atoms with van der Waals surface area (Å²) < 4.78 is 39.4. The summed E-state index contributed by atoms with van der Waals surface area (Å²) in [5.74, 6) is 1.19. The first-order chi connectivity index (χ1) is 14.0. The van der Waals surface area contributed by atoms with Crippen molar-refractivity contribution in [1.82, 2.24) is 4.31 Å². The lowest BCUT2D eigenvalue weighted by atomic mass is 10.1. The van der Waals surface area contributed by atoms with E-state index in [1.807, 2.05) is 42.5 Å². The highest BCUT2D eigenvalue weighted by Gasteiger charge is 2.40. The number of para-hydroxylation sites is 1. The van der Waals surface area contributed by atoms with Crippen molar-refractivity contribution in [3.63, 3.8) is 0 Å². The summed E-state index contributed by atoms with van der Waals surface area (Å²) in [6.45, 7) is 0.227. The molecule has 29 heavy (non-hydrogen) atoms. The van der Waals surface area contributed by atoms with Gasteiger partial charge >= 0.3 is 0 Å². The number of methoxy groups -OCH3 is 2. The molecule has 3 aromatic rings. The van der Waals surface area contributed by atoms with E-state index in [2.05, 4.69) is 5.32 Å². The first kappa shape index (κ1) is 19.3. The largest absolute Gasteiger partial charge is 0.497 e. The van der Waals surface area contributed by atoms with Gasteiger partial charge in [-0.15, -0.1) is 0 Å². The zero-order valence-corrected chi connectivity index (χ0v) is 17.0. The molecule has 1 atom stereocenters. The molecule has 150 valence electrons. The Morgan fingerprint density at radius 3 is 2.38 bits per heavy atom. The smallest absolute Gasteiger partial charge is 0.247 e. The number of fused-ring (bicyclic) bond motifs is 1. The van der Waals surface area contributed by atoms with Crippen LogP contribution in [0.15, 0.2) is 77.7 Å². The maximum Gasteiger partial charge on any atom is 0.247 e. The second-order valence-electron chi connectivity index (χ2n) is 6.69. The van der Waals surface area contributed by atoms with Crippen molar-refractivity contribution in [2.24, 2.45) is 0 Å². The number of ether oxygens (including phenoxy) is 2. The van der Waals surface area contributed by atoms with Crippen molar-refractivity contribution < 1.29 is 17.9 Å². The molecular formula is C22H22N2O4S. The van der Waals surface area contributed by atoms with Gasteiger partial charge in [0.25, 0.3) is 0 Å². The van der Waals surface area contributed by atoms with Crippen molar-refractivity contribution in [3.8, 4) is 11.5 Å². The van der Waals surface area contributed by atoms with Crippen LogP contribution < -0.4 is 14.8 Å². The van der Waals surface area contributed by atoms with Gasteiger partial charge in [-0.3, -0.25) is 0 Å². The lowest BCUT2D eigenvalue weighted by Crippen LogP contribution is -2.42. The summed E-state index contributed by atoms with van der Waals surface area (Å²) in [5, 5.41) is 3.38. The van der Waals surface area contributed by atoms with Crippen LogP contribution in [-0.2, 0) is 16.6 Å². The molecular weight excluding hydrogens is 388 g/mol. The van der Waals surface area contributed by atoms with E-state index in [1.165, 1.54) is 4.31 Å². The number of rotatable bonds is 5. The fourth-order valence-electron chi connectivity index (χ4n) is 3.51. The molecule has 4 rings (SSSR count). The van der Waals surface area contributed by atoms with Crippen molar-refractivity contribution in [2.45, 2.75) is 17.6 Å². The third-order valence-electron chi connectivity index (χ3n) is 4.97. The van der Waals surface area contributed by atoms with E-state index in [0.717, 1.165) is 5.56 Å². The number of sulfonamides is 1. The average Bonchev–Trinajstić information content (AvgIpc) is 2.76. The average molecular weight is 410 g/mol. The first-order valence-corrected chi connectivity index (χ1v) is 10.6. The minimum atomic E-state index is -3.73. The molecule has 6 nitrogen and oxygen atoms in total. The van der Waals surface area contributed by atoms with Crippen molar-refractivity contribution >= 4 is 15.7 Å². The molecule has 0 aliphatic carbocycles. The molecule has 0 spiro atoms. The number of anilines is 1. The van der Waals surface area contributed by atoms with Crippen LogP contribution in [0.2, 0.25) is 0 Å². The quantitative estimate of drug-likeness (QED) is 0.688. The summed E-state index contributed by atoms with van der Waals surface area (Å²) in [6.07, 6.45) is -0.629. The standard InChI is InChI=1S/C22H22N2O4S/c1-27-17-12-13-18(20(14-17)28-2)22-23-19-10-6-7-11-21(19)29(25,26)24(22)15-16-8-4-3-5-9-16/h3-14,22-23H,15H2,1-2H3/t22-/m1/s1. The first-order valence-electron chi connectivity index (χ1n) is 9.18. The second-order valence-corrected chi connectivity index (χ2v) is 8.55. The van der Waals surface area contributed by atoms with Crippen molar-refractivity contribution in [2.75, 3.05) is 19.5 Å². The molecule has 0 fully saturated rings. The Labute approximate surface area is 170 Å². The molecule has 1 aliphatic heterocycles. The van der Waals surface area contributed by atoms with E-state index >= 15 is 0 Å². The summed E-state index contributed by atoms with van der Waals surface area (Å²) in [5.41, 5.74) is 2.18. The van der Waals surface area contributed by atoms with Gasteiger partial charge in [0.2, 0.25) is 10.0 Å². The highest BCUT2D eigenvalue weighted by atomic mass is 32.2. The van der Waals surface area contributed by atoms with Crippen LogP contribution in [0, 0.1) is 0 Å². The lowest BCUT2D eigenvalue weighted by molar-refractivity contribution is 0.322. The van der Waals surface area contributed by atoms with Crippen LogP contribution in [0.5, 0.6) is 11.5 Å². The van der Waals surface area contributed by atoms with Gasteiger partial charge in [-0.1, -0.05) is 42.5 Å². The molecule has 1 aliphatic rings. The maximum absolute atomic E-state index is 13.5. The van der Waals surface area contributed by atoms with E-state index in [-0.39, 0.29) is 11.4 Å². The zero-order valence-electron chi connectivity index (χ0n) is 16.2. The minimum Gasteiger partial charge on any atom is -0.497 e. The number of hydrogen-bond acceptors (Lipinski definition) is 5. The zero-order chi connectivity index (χ0) is 20.4. The van der Waals surface area contributed by atoms with Gasteiger partial charge < -0.3 is 14.8 Å². The van der Waals surface area contributed by atoms with Gasteiger partial charge in [0.15, 0.2) is 0 Å². The number of nitrogens with one attached hydrogen (secondary N) is 1. The predicted octanol–water partition coefficient (Wildman–Crippen LogP) is 4.02. The third-order valence-corrected chi connectivity index (χ3v) is 6.84. The van der Waals surface area contributed by atoms with Gasteiger partial charge in [-0.05, 0) is 29.8 Å². The Hall–Kier alpha value is -3.03. The fraction of sp³-hybridized carbons (Fsp3) is 0.182. The SMILES string of the molecule is COc1ccc([C@@H]2Nc3ccccc3S(=O)(=O)N2Cc2ccccc2)c(OC)c1. The van der Waals surface area contributed by atoms with Crippen LogP contribution in [0.25, 0.3) is 0 Å². The van der Waals surface area contributed by atoms with Crippen molar-refractivity contribution in [3.05, 3.63) is 83.9 Å². The monoisotopic (exact) mass is 410 g/mol. The molecule has 3 aromatic carbocycles. The van der Waals surface area contributed by atoms with Gasteiger partial charge in [0.05, 0.1) is 19.9 Å². The van der Waals surface area contributed by atoms with Crippen LogP contribution >= 0.6 is 0 Å². The number of nitrogens with zero attached hydrogens (tertiary/aromatic N) is 1. The van der Waals surface area contributed by atoms with E-state index in [4.69, 9.17) is 9.47 Å². The normalized spacial score (nSPS) is 17.8. The van der Waals surface area contributed by atoms with Gasteiger partial charge in [-0.2, -0.15) is 4.31 Å². The molecule has 0 radical (unpaired) electrons. The Kier molecular flexibility index (Phi) is 5.17. The summed E-state index contributed by atoms with van der Waals surface area (Å²) in [6, 6.07) is 21.9. The minimum absolute atomic E-state index is 0.227. The maximum atomic E-state index is 13.5. The van der Waals surface area contributed by atoms with Gasteiger partial charge in [0, 0.05) is 18.2 Å². The Morgan fingerprint density at radius 1 is 0.931 bits per heavy atom. The van der Waals surface area contributed by atoms with Gasteiger partial charge in [0.1, 0.15) is 22.6 Å².